The Hall–Kier alpha value is -7.14. The lowest BCUT2D eigenvalue weighted by Gasteiger charge is -2.34. The van der Waals surface area contributed by atoms with E-state index in [0.29, 0.717) is 44.7 Å². The summed E-state index contributed by atoms with van der Waals surface area (Å²) in [6, 6.07) is 3.56. The third kappa shape index (κ3) is 35.9. The van der Waals surface area contributed by atoms with Crippen LogP contribution in [0.15, 0.2) is 29.2 Å². The molecular weight excluding hydrogens is 1380 g/mol. The minimum absolute atomic E-state index is 0.0204. The smallest absolute Gasteiger partial charge is 0.416 e. The SMILES string of the molecule is Cc1cc(OCCCC(=O)NCCNC(=O)[C@H](CS(=O)(=O)O)NC(=O)CN2CCN(CC(=O)OC(C)(C)C)CCN(CC(=O)OC(C)(C)C)CCN(CC(=O)OC(C)(C)C)CC2)cc(C)c1S(=O)(=O)N[C@H](CNC(=O)CCCCc1ccc2c(n1)N(C(=O)OC(C)(C)C)CCC2)C(=O)OC(C)(C)C. The highest BCUT2D eigenvalue weighted by atomic mass is 32.2. The monoisotopic (exact) mass is 1490 g/mol. The van der Waals surface area contributed by atoms with Crippen LogP contribution >= 0.6 is 0 Å². The van der Waals surface area contributed by atoms with Crippen LogP contribution in [0, 0.1) is 13.8 Å². The number of sulfonamides is 1. The molecule has 2 atom stereocenters. The quantitative estimate of drug-likeness (QED) is 0.0270. The Morgan fingerprint density at radius 1 is 0.544 bits per heavy atom. The predicted molar refractivity (Wildman–Crippen MR) is 385 cm³/mol. The zero-order valence-corrected chi connectivity index (χ0v) is 65.2. The van der Waals surface area contributed by atoms with Crippen LogP contribution in [-0.4, -0.2) is 257 Å². The van der Waals surface area contributed by atoms with Crippen molar-refractivity contribution < 1.29 is 93.0 Å². The van der Waals surface area contributed by atoms with Crippen LogP contribution in [0.2, 0.25) is 0 Å². The van der Waals surface area contributed by atoms with E-state index in [2.05, 4.69) is 26.0 Å². The third-order valence-corrected chi connectivity index (χ3v) is 17.7. The Morgan fingerprint density at radius 3 is 1.48 bits per heavy atom. The van der Waals surface area contributed by atoms with E-state index >= 15 is 0 Å². The molecule has 2 aliphatic rings. The first-order chi connectivity index (χ1) is 47.5. The van der Waals surface area contributed by atoms with Crippen molar-refractivity contribution in [3.8, 4) is 5.75 Å². The molecule has 4 rings (SSSR count). The molecule has 5 amide bonds. The average molecular weight is 1490 g/mol. The van der Waals surface area contributed by atoms with E-state index in [0.717, 1.165) is 24.1 Å². The standard InChI is InChI=1S/C70H115N11O20S2/c1-48-40-52(41-49(2)61(48)103(94,95)76-53(64(89)100-69(12,13)14)42-73-56(83)24-19-18-23-51-27-26-50-22-20-30-81(62(50)74-51)65(90)101-70(15,16)17)96-39-21-25-55(82)71-28-29-72-63(88)54(47-102(91,92)93)75-57(84)43-77-31-33-78(44-58(85)97-66(3,4)5)35-37-80(46-60(87)99-68(9,10)11)38-36-79(34-32-77)45-59(86)98-67(6,7)8/h26-27,40-41,53-54,76H,18-25,28-39,42-47H2,1-17H3,(H,71,82)(H,72,88)(H,73,83)(H,75,84)(H,91,92,93)/t53-,54+/m1/s1. The second kappa shape index (κ2) is 39.3. The Morgan fingerprint density at radius 2 is 1.00 bits per heavy atom. The normalized spacial score (nSPS) is 15.9. The van der Waals surface area contributed by atoms with Gasteiger partial charge in [0.05, 0.1) is 37.7 Å². The summed E-state index contributed by atoms with van der Waals surface area (Å²) >= 11 is 0. The van der Waals surface area contributed by atoms with Crippen molar-refractivity contribution in [2.75, 3.05) is 122 Å². The molecule has 3 heterocycles. The van der Waals surface area contributed by atoms with Crippen LogP contribution in [0.25, 0.3) is 0 Å². The van der Waals surface area contributed by atoms with Gasteiger partial charge >= 0.3 is 30.0 Å². The van der Waals surface area contributed by atoms with Crippen molar-refractivity contribution in [1.29, 1.82) is 0 Å². The van der Waals surface area contributed by atoms with E-state index in [1.54, 1.807) is 128 Å². The van der Waals surface area contributed by atoms with E-state index in [1.807, 2.05) is 26.8 Å². The second-order valence-electron chi connectivity index (χ2n) is 31.0. The molecule has 33 heteroatoms. The molecule has 0 aliphatic carbocycles. The molecule has 0 saturated carbocycles. The minimum Gasteiger partial charge on any atom is -0.494 e. The molecule has 0 bridgehead atoms. The number of rotatable bonds is 31. The minimum atomic E-state index is -4.85. The number of esters is 4. The summed E-state index contributed by atoms with van der Waals surface area (Å²) in [7, 11) is -9.29. The van der Waals surface area contributed by atoms with Gasteiger partial charge < -0.3 is 49.7 Å². The van der Waals surface area contributed by atoms with Crippen molar-refractivity contribution >= 4 is 79.6 Å². The number of ether oxygens (including phenoxy) is 6. The molecule has 103 heavy (non-hydrogen) atoms. The predicted octanol–water partition coefficient (Wildman–Crippen LogP) is 3.91. The van der Waals surface area contributed by atoms with E-state index in [1.165, 1.54) is 12.1 Å². The first-order valence-electron chi connectivity index (χ1n) is 35.1. The van der Waals surface area contributed by atoms with Gasteiger partial charge in [0.25, 0.3) is 10.1 Å². The number of hydrogen-bond donors (Lipinski definition) is 6. The van der Waals surface area contributed by atoms with Gasteiger partial charge in [-0.1, -0.05) is 6.07 Å². The maximum absolute atomic E-state index is 14.1. The molecule has 0 unspecified atom stereocenters. The topological polar surface area (TPSA) is 387 Å². The van der Waals surface area contributed by atoms with Gasteiger partial charge in [-0.2, -0.15) is 13.1 Å². The van der Waals surface area contributed by atoms with Crippen molar-refractivity contribution in [3.05, 3.63) is 46.6 Å². The number of carbonyl (C=O) groups excluding carboxylic acids is 9. The summed E-state index contributed by atoms with van der Waals surface area (Å²) in [6.45, 7) is 29.9. The fraction of sp³-hybridized carbons (Fsp3) is 0.714. The number of hydrogen-bond acceptors (Lipinski definition) is 24. The van der Waals surface area contributed by atoms with Crippen molar-refractivity contribution in [3.63, 3.8) is 0 Å². The first-order valence-corrected chi connectivity index (χ1v) is 38.2. The summed E-state index contributed by atoms with van der Waals surface area (Å²) in [5, 5.41) is 10.2. The number of aromatic nitrogens is 1. The third-order valence-electron chi connectivity index (χ3n) is 15.2. The number of benzene rings is 1. The Balaban J connectivity index is 1.32. The molecule has 2 aromatic rings. The van der Waals surface area contributed by atoms with E-state index in [4.69, 9.17) is 33.4 Å². The Bertz CT molecular complexity index is 3400. The molecule has 31 nitrogen and oxygen atoms in total. The number of nitrogens with one attached hydrogen (secondary N) is 5. The van der Waals surface area contributed by atoms with E-state index in [-0.39, 0.29) is 120 Å². The van der Waals surface area contributed by atoms with Gasteiger partial charge in [0, 0.05) is 97.1 Å². The Kier molecular flexibility index (Phi) is 33.7. The summed E-state index contributed by atoms with van der Waals surface area (Å²) in [5.41, 5.74) is -1.76. The summed E-state index contributed by atoms with van der Waals surface area (Å²) in [5.74, 6) is -5.35. The highest BCUT2D eigenvalue weighted by Crippen LogP contribution is 2.29. The van der Waals surface area contributed by atoms with Gasteiger partial charge in [-0.3, -0.25) is 67.4 Å². The molecule has 0 spiro atoms. The summed E-state index contributed by atoms with van der Waals surface area (Å²) in [4.78, 5) is 133. The number of carbonyl (C=O) groups is 9. The van der Waals surface area contributed by atoms with E-state index in [9.17, 15) is 64.5 Å². The number of fused-ring (bicyclic) bond motifs is 1. The van der Waals surface area contributed by atoms with Crippen LogP contribution in [0.5, 0.6) is 5.75 Å². The van der Waals surface area contributed by atoms with Gasteiger partial charge in [0.1, 0.15) is 57.4 Å². The molecule has 6 N–H and O–H groups in total. The number of amides is 5. The molecule has 2 aliphatic heterocycles. The van der Waals surface area contributed by atoms with Crippen LogP contribution in [0.1, 0.15) is 165 Å². The number of pyridine rings is 1. The summed E-state index contributed by atoms with van der Waals surface area (Å²) in [6.07, 6.45) is 2.87. The molecule has 1 saturated heterocycles. The molecule has 1 aromatic carbocycles. The van der Waals surface area contributed by atoms with Crippen LogP contribution < -0.4 is 35.6 Å². The lowest BCUT2D eigenvalue weighted by Crippen LogP contribution is -2.54. The molecular formula is C70H115N11O20S2. The summed E-state index contributed by atoms with van der Waals surface area (Å²) < 4.78 is 98.9. The first kappa shape index (κ1) is 88.3. The fourth-order valence-electron chi connectivity index (χ4n) is 11.0. The van der Waals surface area contributed by atoms with Crippen molar-refractivity contribution in [2.24, 2.45) is 0 Å². The highest BCUT2D eigenvalue weighted by Gasteiger charge is 2.35. The zero-order chi connectivity index (χ0) is 77.5. The van der Waals surface area contributed by atoms with Crippen LogP contribution in [-0.2, 0) is 95.0 Å². The van der Waals surface area contributed by atoms with Crippen molar-refractivity contribution in [2.45, 2.75) is 214 Å². The fourth-order valence-corrected chi connectivity index (χ4v) is 13.3. The molecule has 582 valence electrons. The number of nitrogens with zero attached hydrogens (tertiary/aromatic N) is 6. The van der Waals surface area contributed by atoms with E-state index < -0.39 is 133 Å². The van der Waals surface area contributed by atoms with Gasteiger partial charge in [-0.25, -0.2) is 18.2 Å². The lowest BCUT2D eigenvalue weighted by molar-refractivity contribution is -0.158. The van der Waals surface area contributed by atoms with Crippen molar-refractivity contribution in [1.82, 2.24) is 50.6 Å². The van der Waals surface area contributed by atoms with Gasteiger partial charge in [0.15, 0.2) is 0 Å². The number of aryl methyl sites for hydroxylation is 4. The maximum atomic E-state index is 14.1. The molecule has 1 aromatic heterocycles. The van der Waals surface area contributed by atoms with Gasteiger partial charge in [-0.05, 0) is 191 Å². The Labute approximate surface area is 608 Å². The second-order valence-corrected chi connectivity index (χ2v) is 34.1. The van der Waals surface area contributed by atoms with Gasteiger partial charge in [-0.15, -0.1) is 0 Å². The number of unbranched alkanes of at least 4 members (excludes halogenated alkanes) is 1. The molecule has 0 radical (unpaired) electrons. The molecule has 1 fully saturated rings. The van der Waals surface area contributed by atoms with Gasteiger partial charge in [0.2, 0.25) is 33.7 Å². The van der Waals surface area contributed by atoms with Crippen LogP contribution in [0.3, 0.4) is 0 Å². The average Bonchev–Trinajstić information content (AvgIpc) is 0.791. The largest absolute Gasteiger partial charge is 0.494 e. The lowest BCUT2D eigenvalue weighted by atomic mass is 10.0. The highest BCUT2D eigenvalue weighted by molar-refractivity contribution is 7.89. The number of anilines is 1. The zero-order valence-electron chi connectivity index (χ0n) is 63.6. The maximum Gasteiger partial charge on any atom is 0.416 e. The van der Waals surface area contributed by atoms with Crippen LogP contribution in [0.4, 0.5) is 10.6 Å².